The number of nitrogens with zero attached hydrogens (tertiary/aromatic N) is 2. The van der Waals surface area contributed by atoms with Crippen LogP contribution in [0.5, 0.6) is 0 Å². The molecule has 1 rings (SSSR count). The largest absolute Gasteiger partial charge is 0.328 e. The number of aryl methyl sites for hydroxylation is 2. The maximum Gasteiger partial charge on any atom is 0.0596 e. The van der Waals surface area contributed by atoms with Gasteiger partial charge in [0.25, 0.3) is 0 Å². The molecule has 0 aliphatic heterocycles. The minimum absolute atomic E-state index is 0.322. The van der Waals surface area contributed by atoms with Crippen LogP contribution in [0.15, 0.2) is 6.07 Å². The second-order valence-corrected chi connectivity index (χ2v) is 6.14. The van der Waals surface area contributed by atoms with Gasteiger partial charge in [0, 0.05) is 18.3 Å². The van der Waals surface area contributed by atoms with E-state index in [1.165, 1.54) is 25.0 Å². The lowest BCUT2D eigenvalue weighted by Crippen LogP contribution is -2.23. The Morgan fingerprint density at radius 3 is 2.63 bits per heavy atom. The molecule has 0 aliphatic carbocycles. The predicted molar refractivity (Wildman–Crippen MR) is 82.2 cm³/mol. The van der Waals surface area contributed by atoms with Crippen LogP contribution in [0.2, 0.25) is 0 Å². The number of nitrogens with two attached hydrogens (primary N) is 1. The van der Waals surface area contributed by atoms with Gasteiger partial charge in [0.15, 0.2) is 0 Å². The fourth-order valence-electron chi connectivity index (χ4n) is 2.46. The van der Waals surface area contributed by atoms with Crippen molar-refractivity contribution in [1.29, 1.82) is 0 Å². The maximum atomic E-state index is 6.18. The molecule has 0 saturated carbocycles. The fourth-order valence-corrected chi connectivity index (χ4v) is 2.46. The molecule has 1 unspecified atom stereocenters. The third-order valence-electron chi connectivity index (χ3n) is 3.49. The molecule has 0 aromatic carbocycles. The van der Waals surface area contributed by atoms with Crippen molar-refractivity contribution in [2.24, 2.45) is 11.7 Å². The number of hydrogen-bond acceptors (Lipinski definition) is 2. The average molecular weight is 265 g/mol. The van der Waals surface area contributed by atoms with Crippen LogP contribution in [0, 0.1) is 12.8 Å². The van der Waals surface area contributed by atoms with Crippen LogP contribution < -0.4 is 5.73 Å². The van der Waals surface area contributed by atoms with Crippen LogP contribution >= 0.6 is 0 Å². The molecule has 0 fully saturated rings. The lowest BCUT2D eigenvalue weighted by molar-refractivity contribution is 0.456. The van der Waals surface area contributed by atoms with E-state index in [-0.39, 0.29) is 0 Å². The van der Waals surface area contributed by atoms with E-state index in [1.807, 2.05) is 0 Å². The molecule has 1 atom stereocenters. The number of rotatable bonds is 9. The summed E-state index contributed by atoms with van der Waals surface area (Å²) in [7, 11) is 0. The fraction of sp³-hybridized carbons (Fsp3) is 0.812. The first-order valence-corrected chi connectivity index (χ1v) is 7.81. The molecular weight excluding hydrogens is 234 g/mol. The van der Waals surface area contributed by atoms with E-state index < -0.39 is 0 Å². The van der Waals surface area contributed by atoms with E-state index >= 15 is 0 Å². The molecule has 1 aromatic rings. The summed E-state index contributed by atoms with van der Waals surface area (Å²) >= 11 is 0. The maximum absolute atomic E-state index is 6.18. The van der Waals surface area contributed by atoms with Gasteiger partial charge in [-0.1, -0.05) is 40.0 Å². The Hall–Kier alpha value is -0.830. The highest BCUT2D eigenvalue weighted by Crippen LogP contribution is 2.12. The summed E-state index contributed by atoms with van der Waals surface area (Å²) in [4.78, 5) is 0. The zero-order chi connectivity index (χ0) is 14.3. The molecule has 0 bridgehead atoms. The zero-order valence-electron chi connectivity index (χ0n) is 13.2. The van der Waals surface area contributed by atoms with Crippen molar-refractivity contribution in [3.05, 3.63) is 17.5 Å². The minimum atomic E-state index is 0.322. The Bertz CT molecular complexity index is 355. The summed E-state index contributed by atoms with van der Waals surface area (Å²) in [5, 5.41) is 4.59. The highest BCUT2D eigenvalue weighted by molar-refractivity contribution is 5.09. The molecule has 0 spiro atoms. The van der Waals surface area contributed by atoms with E-state index in [4.69, 9.17) is 5.73 Å². The summed E-state index contributed by atoms with van der Waals surface area (Å²) < 4.78 is 2.16. The topological polar surface area (TPSA) is 43.8 Å². The molecule has 3 heteroatoms. The van der Waals surface area contributed by atoms with Gasteiger partial charge in [0.1, 0.15) is 0 Å². The van der Waals surface area contributed by atoms with E-state index in [2.05, 4.69) is 43.5 Å². The Kier molecular flexibility index (Phi) is 7.14. The molecule has 1 aromatic heterocycles. The SMILES string of the molecule is CCCCCC(N)CCn1nc(C)cc1CC(C)C. The van der Waals surface area contributed by atoms with Crippen molar-refractivity contribution in [2.45, 2.75) is 78.8 Å². The van der Waals surface area contributed by atoms with Crippen LogP contribution in [-0.2, 0) is 13.0 Å². The van der Waals surface area contributed by atoms with Gasteiger partial charge in [0.2, 0.25) is 0 Å². The van der Waals surface area contributed by atoms with E-state index in [9.17, 15) is 0 Å². The third-order valence-corrected chi connectivity index (χ3v) is 3.49. The second-order valence-electron chi connectivity index (χ2n) is 6.14. The van der Waals surface area contributed by atoms with Gasteiger partial charge in [-0.25, -0.2) is 0 Å². The molecule has 0 amide bonds. The van der Waals surface area contributed by atoms with Crippen molar-refractivity contribution < 1.29 is 0 Å². The van der Waals surface area contributed by atoms with Gasteiger partial charge in [-0.2, -0.15) is 5.10 Å². The summed E-state index contributed by atoms with van der Waals surface area (Å²) in [5.41, 5.74) is 8.65. The predicted octanol–water partition coefficient (Wildman–Crippen LogP) is 3.69. The lowest BCUT2D eigenvalue weighted by atomic mass is 10.1. The van der Waals surface area contributed by atoms with Crippen molar-refractivity contribution >= 4 is 0 Å². The first-order chi connectivity index (χ1) is 9.02. The van der Waals surface area contributed by atoms with Gasteiger partial charge in [-0.3, -0.25) is 4.68 Å². The average Bonchev–Trinajstić information content (AvgIpc) is 2.66. The van der Waals surface area contributed by atoms with Crippen LogP contribution in [0.1, 0.15) is 64.3 Å². The summed E-state index contributed by atoms with van der Waals surface area (Å²) in [6, 6.07) is 2.53. The smallest absolute Gasteiger partial charge is 0.0596 e. The number of hydrogen-bond donors (Lipinski definition) is 1. The quantitative estimate of drug-likeness (QED) is 0.692. The third kappa shape index (κ3) is 6.24. The Morgan fingerprint density at radius 1 is 1.26 bits per heavy atom. The van der Waals surface area contributed by atoms with Crippen LogP contribution in [-0.4, -0.2) is 15.8 Å². The molecule has 0 radical (unpaired) electrons. The van der Waals surface area contributed by atoms with Gasteiger partial charge < -0.3 is 5.73 Å². The molecular formula is C16H31N3. The summed E-state index contributed by atoms with van der Waals surface area (Å²) in [6.07, 6.45) is 7.11. The van der Waals surface area contributed by atoms with Crippen LogP contribution in [0.4, 0.5) is 0 Å². The van der Waals surface area contributed by atoms with Crippen LogP contribution in [0.25, 0.3) is 0 Å². The molecule has 2 N–H and O–H groups in total. The summed E-state index contributed by atoms with van der Waals surface area (Å²) in [5.74, 6) is 0.674. The monoisotopic (exact) mass is 265 g/mol. The minimum Gasteiger partial charge on any atom is -0.328 e. The highest BCUT2D eigenvalue weighted by atomic mass is 15.3. The Morgan fingerprint density at radius 2 is 2.00 bits per heavy atom. The molecule has 110 valence electrons. The first-order valence-electron chi connectivity index (χ1n) is 7.81. The van der Waals surface area contributed by atoms with E-state index in [1.54, 1.807) is 0 Å². The summed E-state index contributed by atoms with van der Waals surface area (Å²) in [6.45, 7) is 9.77. The molecule has 3 nitrogen and oxygen atoms in total. The van der Waals surface area contributed by atoms with Crippen molar-refractivity contribution in [3.8, 4) is 0 Å². The molecule has 19 heavy (non-hydrogen) atoms. The Balaban J connectivity index is 2.43. The van der Waals surface area contributed by atoms with Crippen molar-refractivity contribution in [3.63, 3.8) is 0 Å². The van der Waals surface area contributed by atoms with E-state index in [0.29, 0.717) is 12.0 Å². The molecule has 0 aliphatic rings. The molecule has 1 heterocycles. The van der Waals surface area contributed by atoms with Gasteiger partial charge in [-0.05, 0) is 38.2 Å². The van der Waals surface area contributed by atoms with E-state index in [0.717, 1.165) is 31.5 Å². The lowest BCUT2D eigenvalue weighted by Gasteiger charge is -2.13. The van der Waals surface area contributed by atoms with Gasteiger partial charge in [0.05, 0.1) is 5.69 Å². The standard InChI is InChI=1S/C16H31N3/c1-5-6-7-8-15(17)9-10-19-16(11-13(2)3)12-14(4)18-19/h12-13,15H,5-11,17H2,1-4H3. The second kappa shape index (κ2) is 8.36. The molecule has 0 saturated heterocycles. The zero-order valence-corrected chi connectivity index (χ0v) is 13.2. The van der Waals surface area contributed by atoms with Gasteiger partial charge >= 0.3 is 0 Å². The normalized spacial score (nSPS) is 13.2. The van der Waals surface area contributed by atoms with Crippen molar-refractivity contribution in [1.82, 2.24) is 9.78 Å². The number of unbranched alkanes of at least 4 members (excludes halogenated alkanes) is 2. The van der Waals surface area contributed by atoms with Crippen LogP contribution in [0.3, 0.4) is 0 Å². The van der Waals surface area contributed by atoms with Gasteiger partial charge in [-0.15, -0.1) is 0 Å². The first kappa shape index (κ1) is 16.2. The Labute approximate surface area is 118 Å². The highest BCUT2D eigenvalue weighted by Gasteiger charge is 2.09. The van der Waals surface area contributed by atoms with Crippen molar-refractivity contribution in [2.75, 3.05) is 0 Å². The number of aromatic nitrogens is 2.